The monoisotopic (exact) mass is 204 g/mol. The average Bonchev–Trinajstić information content (AvgIpc) is 1.97. The maximum absolute atomic E-state index is 5.29. The first-order valence-corrected chi connectivity index (χ1v) is 5.39. The Morgan fingerprint density at radius 3 is 2.67 bits per heavy atom. The number of rotatable bonds is 5. The molecule has 0 saturated carbocycles. The molecule has 0 radical (unpaired) electrons. The average molecular weight is 204 g/mol. The normalized spacial score (nSPS) is 9.50. The zero-order valence-corrected chi connectivity index (χ0v) is 9.39. The van der Waals surface area contributed by atoms with Gasteiger partial charge in [-0.3, -0.25) is 0 Å². The summed E-state index contributed by atoms with van der Waals surface area (Å²) in [6.45, 7) is 8.57. The van der Waals surface area contributed by atoms with Gasteiger partial charge in [-0.25, -0.2) is 0 Å². The first-order chi connectivity index (χ1) is 5.66. The largest absolute Gasteiger partial charge is 0.478 e. The lowest BCUT2D eigenvalue weighted by molar-refractivity contribution is 0.310. The van der Waals surface area contributed by atoms with Gasteiger partial charge in [-0.2, -0.15) is 0 Å². The fraction of sp³-hybridized carbons (Fsp3) is 0.667. The Bertz CT molecular complexity index is 155. The topological polar surface area (TPSA) is 9.23 Å². The van der Waals surface area contributed by atoms with E-state index in [4.69, 9.17) is 17.0 Å². The number of thiocarbonyl (C=S) groups is 1. The lowest BCUT2D eigenvalue weighted by atomic mass is 10.3. The smallest absolute Gasteiger partial charge is 0.224 e. The minimum Gasteiger partial charge on any atom is -0.478 e. The predicted octanol–water partition coefficient (Wildman–Crippen LogP) is 3.74. The molecule has 0 aromatic heterocycles. The van der Waals surface area contributed by atoms with Gasteiger partial charge in [0.2, 0.25) is 4.38 Å². The van der Waals surface area contributed by atoms with E-state index in [1.54, 1.807) is 0 Å². The van der Waals surface area contributed by atoms with E-state index in [1.807, 2.05) is 6.92 Å². The molecule has 0 fully saturated rings. The van der Waals surface area contributed by atoms with Crippen molar-refractivity contribution in [3.8, 4) is 0 Å². The lowest BCUT2D eigenvalue weighted by Gasteiger charge is -2.05. The molecule has 0 amide bonds. The summed E-state index contributed by atoms with van der Waals surface area (Å²) in [6.07, 6.45) is 3.51. The minimum atomic E-state index is 0.596. The maximum atomic E-state index is 5.29. The van der Waals surface area contributed by atoms with Gasteiger partial charge in [0.1, 0.15) is 0 Å². The Morgan fingerprint density at radius 2 is 2.17 bits per heavy atom. The Kier molecular flexibility index (Phi) is 7.61. The molecule has 0 rings (SSSR count). The molecule has 0 aliphatic carbocycles. The molecule has 0 bridgehead atoms. The first-order valence-electron chi connectivity index (χ1n) is 4.17. The van der Waals surface area contributed by atoms with E-state index in [9.17, 15) is 0 Å². The van der Waals surface area contributed by atoms with Gasteiger partial charge in [0, 0.05) is 0 Å². The van der Waals surface area contributed by atoms with Gasteiger partial charge in [0.25, 0.3) is 0 Å². The van der Waals surface area contributed by atoms with Gasteiger partial charge < -0.3 is 4.74 Å². The number of allylic oxidation sites excluding steroid dienone is 1. The summed E-state index contributed by atoms with van der Waals surface area (Å²) in [5, 5.41) is 0. The third-order valence-corrected chi connectivity index (χ3v) is 2.23. The van der Waals surface area contributed by atoms with Crippen molar-refractivity contribution in [2.75, 3.05) is 6.61 Å². The minimum absolute atomic E-state index is 0.596. The standard InChI is InChI=1S/C9H16OS2/c1-4-5-6-7-10-9(11)12-8(2)3/h2,4-7H2,1,3H3. The highest BCUT2D eigenvalue weighted by Crippen LogP contribution is 2.15. The molecule has 0 atom stereocenters. The van der Waals surface area contributed by atoms with Gasteiger partial charge in [0.15, 0.2) is 0 Å². The van der Waals surface area contributed by atoms with E-state index < -0.39 is 0 Å². The van der Waals surface area contributed by atoms with Gasteiger partial charge in [0.05, 0.1) is 6.61 Å². The molecule has 3 heteroatoms. The van der Waals surface area contributed by atoms with Crippen molar-refractivity contribution in [2.45, 2.75) is 33.1 Å². The molecule has 0 aliphatic rings. The van der Waals surface area contributed by atoms with Crippen molar-refractivity contribution >= 4 is 28.4 Å². The molecule has 0 aliphatic heterocycles. The molecule has 0 aromatic rings. The number of thioether (sulfide) groups is 1. The summed E-state index contributed by atoms with van der Waals surface area (Å²) in [5.41, 5.74) is 0. The quantitative estimate of drug-likeness (QED) is 0.498. The van der Waals surface area contributed by atoms with Gasteiger partial charge in [-0.05, 0) is 42.2 Å². The lowest BCUT2D eigenvalue weighted by Crippen LogP contribution is -1.98. The molecule has 1 nitrogen and oxygen atoms in total. The predicted molar refractivity (Wildman–Crippen MR) is 60.5 cm³/mol. The summed E-state index contributed by atoms with van der Waals surface area (Å²) in [4.78, 5) is 0.982. The molecular formula is C9H16OS2. The highest BCUT2D eigenvalue weighted by molar-refractivity contribution is 8.25. The van der Waals surface area contributed by atoms with Crippen LogP contribution in [0.5, 0.6) is 0 Å². The Hall–Kier alpha value is -0.0200. The van der Waals surface area contributed by atoms with Crippen LogP contribution in [0.2, 0.25) is 0 Å². The van der Waals surface area contributed by atoms with Crippen LogP contribution in [-0.2, 0) is 4.74 Å². The van der Waals surface area contributed by atoms with E-state index in [0.29, 0.717) is 4.38 Å². The van der Waals surface area contributed by atoms with Crippen molar-refractivity contribution in [2.24, 2.45) is 0 Å². The van der Waals surface area contributed by atoms with Crippen LogP contribution in [0.3, 0.4) is 0 Å². The van der Waals surface area contributed by atoms with Gasteiger partial charge in [-0.1, -0.05) is 26.3 Å². The maximum Gasteiger partial charge on any atom is 0.224 e. The van der Waals surface area contributed by atoms with Crippen LogP contribution in [0.25, 0.3) is 0 Å². The molecule has 0 saturated heterocycles. The fourth-order valence-electron chi connectivity index (χ4n) is 0.679. The van der Waals surface area contributed by atoms with Crippen LogP contribution >= 0.6 is 24.0 Å². The molecule has 12 heavy (non-hydrogen) atoms. The number of unbranched alkanes of at least 4 members (excludes halogenated alkanes) is 2. The van der Waals surface area contributed by atoms with Crippen LogP contribution in [0.1, 0.15) is 33.1 Å². The molecule has 0 aromatic carbocycles. The Balaban J connectivity index is 3.26. The molecule has 0 unspecified atom stereocenters. The number of hydrogen-bond donors (Lipinski definition) is 0. The second kappa shape index (κ2) is 7.62. The SMILES string of the molecule is C=C(C)SC(=S)OCCCCC. The summed E-state index contributed by atoms with van der Waals surface area (Å²) in [5.74, 6) is 0. The first kappa shape index (κ1) is 12.0. The van der Waals surface area contributed by atoms with Crippen molar-refractivity contribution in [1.82, 2.24) is 0 Å². The summed E-state index contributed by atoms with van der Waals surface area (Å²) < 4.78 is 5.88. The highest BCUT2D eigenvalue weighted by Gasteiger charge is 1.97. The second-order valence-electron chi connectivity index (χ2n) is 2.61. The summed E-state index contributed by atoms with van der Waals surface area (Å²) >= 11 is 6.39. The van der Waals surface area contributed by atoms with E-state index in [-0.39, 0.29) is 0 Å². The summed E-state index contributed by atoms with van der Waals surface area (Å²) in [7, 11) is 0. The van der Waals surface area contributed by atoms with Crippen LogP contribution in [0.15, 0.2) is 11.5 Å². The van der Waals surface area contributed by atoms with Gasteiger partial charge in [-0.15, -0.1) is 0 Å². The second-order valence-corrected chi connectivity index (χ2v) is 4.51. The van der Waals surface area contributed by atoms with Crippen LogP contribution in [0.4, 0.5) is 0 Å². The summed E-state index contributed by atoms with van der Waals surface area (Å²) in [6, 6.07) is 0. The Labute approximate surface area is 84.6 Å². The highest BCUT2D eigenvalue weighted by atomic mass is 32.2. The third-order valence-electron chi connectivity index (χ3n) is 1.23. The molecule has 0 heterocycles. The van der Waals surface area contributed by atoms with Gasteiger partial charge >= 0.3 is 0 Å². The van der Waals surface area contributed by atoms with E-state index in [1.165, 1.54) is 24.6 Å². The van der Waals surface area contributed by atoms with Crippen molar-refractivity contribution in [1.29, 1.82) is 0 Å². The van der Waals surface area contributed by atoms with Crippen LogP contribution < -0.4 is 0 Å². The number of ether oxygens (including phenoxy) is 1. The van der Waals surface area contributed by atoms with E-state index in [2.05, 4.69) is 13.5 Å². The number of hydrogen-bond acceptors (Lipinski definition) is 3. The van der Waals surface area contributed by atoms with Crippen molar-refractivity contribution in [3.05, 3.63) is 11.5 Å². The fourth-order valence-corrected chi connectivity index (χ4v) is 1.62. The van der Waals surface area contributed by atoms with Crippen molar-refractivity contribution < 1.29 is 4.74 Å². The van der Waals surface area contributed by atoms with Crippen molar-refractivity contribution in [3.63, 3.8) is 0 Å². The van der Waals surface area contributed by atoms with E-state index in [0.717, 1.165) is 17.9 Å². The van der Waals surface area contributed by atoms with E-state index >= 15 is 0 Å². The third kappa shape index (κ3) is 8.08. The molecule has 0 spiro atoms. The van der Waals surface area contributed by atoms with Crippen LogP contribution in [-0.4, -0.2) is 11.0 Å². The Morgan fingerprint density at radius 1 is 1.50 bits per heavy atom. The molecule has 0 N–H and O–H groups in total. The zero-order chi connectivity index (χ0) is 9.40. The zero-order valence-electron chi connectivity index (χ0n) is 7.76. The molecule has 70 valence electrons. The van der Waals surface area contributed by atoms with Crippen LogP contribution in [0, 0.1) is 0 Å². The molecular weight excluding hydrogens is 188 g/mol.